The molecule has 0 amide bonds. The summed E-state index contributed by atoms with van der Waals surface area (Å²) >= 11 is 0. The van der Waals surface area contributed by atoms with Gasteiger partial charge in [-0.2, -0.15) is 0 Å². The Morgan fingerprint density at radius 3 is 2.65 bits per heavy atom. The molecule has 1 saturated heterocycles. The standard InChI is InChI=1S/C16H24N2O2/c1-13-11-17(2)9-10-18(13)12-15(16(19)20-3)14-7-5-4-6-8-14/h4-8,13,15H,9-12H2,1-3H3. The molecule has 0 aromatic heterocycles. The van der Waals surface area contributed by atoms with E-state index in [2.05, 4.69) is 23.8 Å². The van der Waals surface area contributed by atoms with Crippen molar-refractivity contribution in [1.29, 1.82) is 0 Å². The molecule has 1 aliphatic rings. The van der Waals surface area contributed by atoms with Gasteiger partial charge in [0, 0.05) is 32.2 Å². The van der Waals surface area contributed by atoms with Gasteiger partial charge in [0.2, 0.25) is 0 Å². The van der Waals surface area contributed by atoms with Gasteiger partial charge in [0.15, 0.2) is 0 Å². The number of rotatable bonds is 4. The summed E-state index contributed by atoms with van der Waals surface area (Å²) in [5.74, 6) is -0.352. The molecule has 20 heavy (non-hydrogen) atoms. The van der Waals surface area contributed by atoms with Crippen LogP contribution >= 0.6 is 0 Å². The summed E-state index contributed by atoms with van der Waals surface area (Å²) < 4.78 is 4.99. The van der Waals surface area contributed by atoms with Gasteiger partial charge in [-0.15, -0.1) is 0 Å². The summed E-state index contributed by atoms with van der Waals surface area (Å²) in [6.07, 6.45) is 0. The van der Waals surface area contributed by atoms with Crippen molar-refractivity contribution in [3.63, 3.8) is 0 Å². The fraction of sp³-hybridized carbons (Fsp3) is 0.562. The Balaban J connectivity index is 2.11. The number of methoxy groups -OCH3 is 1. The van der Waals surface area contributed by atoms with Crippen LogP contribution in [0, 0.1) is 0 Å². The lowest BCUT2D eigenvalue weighted by atomic mass is 9.97. The van der Waals surface area contributed by atoms with E-state index in [0.29, 0.717) is 6.04 Å². The van der Waals surface area contributed by atoms with Gasteiger partial charge in [-0.1, -0.05) is 30.3 Å². The van der Waals surface area contributed by atoms with Gasteiger partial charge in [-0.05, 0) is 19.5 Å². The predicted molar refractivity (Wildman–Crippen MR) is 79.7 cm³/mol. The second-order valence-corrected chi connectivity index (χ2v) is 5.59. The van der Waals surface area contributed by atoms with Crippen molar-refractivity contribution >= 4 is 5.97 Å². The fourth-order valence-corrected chi connectivity index (χ4v) is 2.83. The van der Waals surface area contributed by atoms with E-state index in [0.717, 1.165) is 31.7 Å². The quantitative estimate of drug-likeness (QED) is 0.782. The predicted octanol–water partition coefficient (Wildman–Crippen LogP) is 1.58. The highest BCUT2D eigenvalue weighted by atomic mass is 16.5. The van der Waals surface area contributed by atoms with Crippen molar-refractivity contribution in [2.45, 2.75) is 18.9 Å². The Kier molecular flexibility index (Phi) is 5.15. The SMILES string of the molecule is COC(=O)C(CN1CCN(C)CC1C)c1ccccc1. The van der Waals surface area contributed by atoms with E-state index >= 15 is 0 Å². The van der Waals surface area contributed by atoms with Gasteiger partial charge in [0.25, 0.3) is 0 Å². The van der Waals surface area contributed by atoms with E-state index in [1.165, 1.54) is 7.11 Å². The first kappa shape index (κ1) is 15.0. The Bertz CT molecular complexity index is 435. The Hall–Kier alpha value is -1.39. The van der Waals surface area contributed by atoms with Crippen LogP contribution in [0.5, 0.6) is 0 Å². The average Bonchev–Trinajstić information content (AvgIpc) is 2.46. The molecular weight excluding hydrogens is 252 g/mol. The van der Waals surface area contributed by atoms with Crippen LogP contribution in [0.15, 0.2) is 30.3 Å². The summed E-state index contributed by atoms with van der Waals surface area (Å²) in [6, 6.07) is 10.4. The summed E-state index contributed by atoms with van der Waals surface area (Å²) in [7, 11) is 3.61. The average molecular weight is 276 g/mol. The normalized spacial score (nSPS) is 22.4. The maximum Gasteiger partial charge on any atom is 0.314 e. The van der Waals surface area contributed by atoms with Crippen molar-refractivity contribution in [2.24, 2.45) is 0 Å². The molecule has 4 heteroatoms. The molecule has 1 fully saturated rings. The molecule has 0 spiro atoms. The highest BCUT2D eigenvalue weighted by Crippen LogP contribution is 2.21. The zero-order chi connectivity index (χ0) is 14.5. The van der Waals surface area contributed by atoms with Crippen LogP contribution in [0.4, 0.5) is 0 Å². The van der Waals surface area contributed by atoms with Crippen LogP contribution < -0.4 is 0 Å². The molecule has 2 unspecified atom stereocenters. The molecule has 1 aromatic carbocycles. The third-order valence-corrected chi connectivity index (χ3v) is 4.07. The number of carbonyl (C=O) groups is 1. The summed E-state index contributed by atoms with van der Waals surface area (Å²) in [6.45, 7) is 6.04. The van der Waals surface area contributed by atoms with Crippen molar-refractivity contribution < 1.29 is 9.53 Å². The van der Waals surface area contributed by atoms with Gasteiger partial charge in [0.05, 0.1) is 13.0 Å². The zero-order valence-corrected chi connectivity index (χ0v) is 12.6. The van der Waals surface area contributed by atoms with Crippen LogP contribution in [0.2, 0.25) is 0 Å². The maximum atomic E-state index is 12.1. The van der Waals surface area contributed by atoms with Crippen molar-refractivity contribution in [1.82, 2.24) is 9.80 Å². The Morgan fingerprint density at radius 1 is 1.35 bits per heavy atom. The molecule has 1 aromatic rings. The first-order valence-corrected chi connectivity index (χ1v) is 7.17. The number of likely N-dealkylation sites (N-methyl/N-ethyl adjacent to an activating group) is 1. The first-order chi connectivity index (χ1) is 9.61. The van der Waals surface area contributed by atoms with Crippen molar-refractivity contribution in [3.05, 3.63) is 35.9 Å². The number of esters is 1. The highest BCUT2D eigenvalue weighted by molar-refractivity contribution is 5.78. The van der Waals surface area contributed by atoms with E-state index in [1.54, 1.807) is 0 Å². The minimum atomic E-state index is -0.202. The third kappa shape index (κ3) is 3.58. The van der Waals surface area contributed by atoms with Gasteiger partial charge in [0.1, 0.15) is 0 Å². The Morgan fingerprint density at radius 2 is 2.05 bits per heavy atom. The molecule has 0 bridgehead atoms. The van der Waals surface area contributed by atoms with Crippen LogP contribution in [0.3, 0.4) is 0 Å². The molecule has 2 atom stereocenters. The van der Waals surface area contributed by atoms with Gasteiger partial charge in [-0.3, -0.25) is 9.69 Å². The number of piperazine rings is 1. The van der Waals surface area contributed by atoms with Crippen LogP contribution in [-0.2, 0) is 9.53 Å². The minimum absolute atomic E-state index is 0.151. The fourth-order valence-electron chi connectivity index (χ4n) is 2.83. The van der Waals surface area contributed by atoms with Crippen LogP contribution in [0.25, 0.3) is 0 Å². The van der Waals surface area contributed by atoms with Gasteiger partial charge < -0.3 is 9.64 Å². The second-order valence-electron chi connectivity index (χ2n) is 5.59. The van der Waals surface area contributed by atoms with E-state index in [9.17, 15) is 4.79 Å². The van der Waals surface area contributed by atoms with Gasteiger partial charge >= 0.3 is 5.97 Å². The number of hydrogen-bond donors (Lipinski definition) is 0. The number of benzene rings is 1. The molecule has 2 rings (SSSR count). The third-order valence-electron chi connectivity index (χ3n) is 4.07. The van der Waals surface area contributed by atoms with E-state index < -0.39 is 0 Å². The molecule has 0 radical (unpaired) electrons. The molecule has 1 heterocycles. The van der Waals surface area contributed by atoms with Gasteiger partial charge in [-0.25, -0.2) is 0 Å². The number of nitrogens with zero attached hydrogens (tertiary/aromatic N) is 2. The lowest BCUT2D eigenvalue weighted by Gasteiger charge is -2.39. The molecule has 1 aliphatic heterocycles. The van der Waals surface area contributed by atoms with Crippen LogP contribution in [0.1, 0.15) is 18.4 Å². The van der Waals surface area contributed by atoms with E-state index in [1.807, 2.05) is 30.3 Å². The second kappa shape index (κ2) is 6.86. The highest BCUT2D eigenvalue weighted by Gasteiger charge is 2.28. The van der Waals surface area contributed by atoms with E-state index in [-0.39, 0.29) is 11.9 Å². The van der Waals surface area contributed by atoms with Crippen molar-refractivity contribution in [2.75, 3.05) is 40.3 Å². The summed E-state index contributed by atoms with van der Waals surface area (Å²) in [4.78, 5) is 16.8. The number of carbonyl (C=O) groups excluding carboxylic acids is 1. The first-order valence-electron chi connectivity index (χ1n) is 7.17. The minimum Gasteiger partial charge on any atom is -0.469 e. The lowest BCUT2D eigenvalue weighted by molar-refractivity contribution is -0.143. The molecule has 4 nitrogen and oxygen atoms in total. The summed E-state index contributed by atoms with van der Waals surface area (Å²) in [5, 5.41) is 0. The Labute approximate surface area is 121 Å². The van der Waals surface area contributed by atoms with Crippen LogP contribution in [-0.4, -0.2) is 62.1 Å². The molecule has 0 saturated carbocycles. The number of hydrogen-bond acceptors (Lipinski definition) is 4. The molecular formula is C16H24N2O2. The topological polar surface area (TPSA) is 32.8 Å². The van der Waals surface area contributed by atoms with E-state index in [4.69, 9.17) is 4.74 Å². The number of ether oxygens (including phenoxy) is 1. The smallest absolute Gasteiger partial charge is 0.314 e. The maximum absolute atomic E-state index is 12.1. The molecule has 0 aliphatic carbocycles. The lowest BCUT2D eigenvalue weighted by Crippen LogP contribution is -2.52. The monoisotopic (exact) mass is 276 g/mol. The molecule has 0 N–H and O–H groups in total. The zero-order valence-electron chi connectivity index (χ0n) is 12.6. The largest absolute Gasteiger partial charge is 0.469 e. The summed E-state index contributed by atoms with van der Waals surface area (Å²) in [5.41, 5.74) is 1.03. The molecule has 110 valence electrons. The van der Waals surface area contributed by atoms with Crippen molar-refractivity contribution in [3.8, 4) is 0 Å².